The zero-order valence-corrected chi connectivity index (χ0v) is 10.9. The summed E-state index contributed by atoms with van der Waals surface area (Å²) < 4.78 is 23.2. The van der Waals surface area contributed by atoms with Crippen LogP contribution in [0.25, 0.3) is 0 Å². The number of sulfone groups is 1. The van der Waals surface area contributed by atoms with Gasteiger partial charge in [0.15, 0.2) is 0 Å². The summed E-state index contributed by atoms with van der Waals surface area (Å²) in [5.41, 5.74) is 6.39. The first-order valence-electron chi connectivity index (χ1n) is 6.39. The second-order valence-electron chi connectivity index (χ2n) is 5.76. The van der Waals surface area contributed by atoms with E-state index in [9.17, 15) is 8.42 Å². The summed E-state index contributed by atoms with van der Waals surface area (Å²) in [6.45, 7) is 0. The van der Waals surface area contributed by atoms with Crippen LogP contribution in [0, 0.1) is 5.92 Å². The van der Waals surface area contributed by atoms with E-state index in [2.05, 4.69) is 0 Å². The van der Waals surface area contributed by atoms with Crippen LogP contribution in [0.2, 0.25) is 0 Å². The van der Waals surface area contributed by atoms with Crippen molar-refractivity contribution in [2.75, 3.05) is 6.26 Å². The van der Waals surface area contributed by atoms with Crippen molar-refractivity contribution < 1.29 is 8.42 Å². The van der Waals surface area contributed by atoms with E-state index >= 15 is 0 Å². The van der Waals surface area contributed by atoms with Crippen molar-refractivity contribution in [1.29, 1.82) is 0 Å². The molecule has 2 rings (SSSR count). The van der Waals surface area contributed by atoms with Gasteiger partial charge >= 0.3 is 0 Å². The minimum Gasteiger partial charge on any atom is -0.325 e. The van der Waals surface area contributed by atoms with Crippen molar-refractivity contribution in [3.05, 3.63) is 0 Å². The lowest BCUT2D eigenvalue weighted by Crippen LogP contribution is -2.47. The highest BCUT2D eigenvalue weighted by molar-refractivity contribution is 7.91. The lowest BCUT2D eigenvalue weighted by molar-refractivity contribution is 0.211. The third-order valence-electron chi connectivity index (χ3n) is 4.58. The maximum absolute atomic E-state index is 11.6. The monoisotopic (exact) mass is 245 g/mol. The Hall–Kier alpha value is -0.0900. The Balaban J connectivity index is 2.07. The Labute approximate surface area is 98.7 Å². The van der Waals surface area contributed by atoms with Crippen LogP contribution in [0.1, 0.15) is 51.4 Å². The molecule has 3 nitrogen and oxygen atoms in total. The van der Waals surface area contributed by atoms with Gasteiger partial charge in [-0.3, -0.25) is 0 Å². The maximum Gasteiger partial charge on any atom is 0.150 e. The van der Waals surface area contributed by atoms with E-state index in [1.165, 1.54) is 19.1 Å². The Morgan fingerprint density at radius 1 is 1.12 bits per heavy atom. The molecule has 2 aliphatic carbocycles. The second-order valence-corrected chi connectivity index (χ2v) is 8.08. The quantitative estimate of drug-likeness (QED) is 0.808. The van der Waals surface area contributed by atoms with Gasteiger partial charge in [-0.05, 0) is 38.0 Å². The average Bonchev–Trinajstić information content (AvgIpc) is 2.66. The molecule has 2 fully saturated rings. The highest BCUT2D eigenvalue weighted by atomic mass is 32.2. The van der Waals surface area contributed by atoms with E-state index in [0.717, 1.165) is 38.5 Å². The molecule has 2 saturated carbocycles. The lowest BCUT2D eigenvalue weighted by atomic mass is 9.74. The molecule has 0 aromatic rings. The smallest absolute Gasteiger partial charge is 0.150 e. The predicted molar refractivity (Wildman–Crippen MR) is 66.0 cm³/mol. The molecule has 94 valence electrons. The first-order valence-corrected chi connectivity index (χ1v) is 8.35. The zero-order valence-electron chi connectivity index (χ0n) is 10.1. The van der Waals surface area contributed by atoms with Crippen LogP contribution in [0.3, 0.4) is 0 Å². The van der Waals surface area contributed by atoms with Gasteiger partial charge in [-0.2, -0.15) is 0 Å². The van der Waals surface area contributed by atoms with Gasteiger partial charge in [-0.15, -0.1) is 0 Å². The van der Waals surface area contributed by atoms with Crippen molar-refractivity contribution in [3.63, 3.8) is 0 Å². The number of nitrogens with two attached hydrogens (primary N) is 1. The molecule has 0 aromatic heterocycles. The fraction of sp³-hybridized carbons (Fsp3) is 1.00. The van der Waals surface area contributed by atoms with Crippen LogP contribution in [0.4, 0.5) is 0 Å². The van der Waals surface area contributed by atoms with Crippen molar-refractivity contribution in [2.24, 2.45) is 11.7 Å². The standard InChI is InChI=1S/C12H23NO2S/c1-16(14,15)11-6-4-5-10(9-11)12(13)7-2-3-8-12/h10-11H,2-9,13H2,1H3. The van der Waals surface area contributed by atoms with Crippen LogP contribution in [-0.4, -0.2) is 25.5 Å². The number of hydrogen-bond acceptors (Lipinski definition) is 3. The molecule has 0 saturated heterocycles. The van der Waals surface area contributed by atoms with Crippen molar-refractivity contribution in [3.8, 4) is 0 Å². The minimum atomic E-state index is -2.87. The number of rotatable bonds is 2. The topological polar surface area (TPSA) is 60.2 Å². The van der Waals surface area contributed by atoms with E-state index in [1.54, 1.807) is 0 Å². The van der Waals surface area contributed by atoms with Gasteiger partial charge < -0.3 is 5.73 Å². The van der Waals surface area contributed by atoms with Gasteiger partial charge in [0.25, 0.3) is 0 Å². The van der Waals surface area contributed by atoms with Crippen molar-refractivity contribution >= 4 is 9.84 Å². The summed E-state index contributed by atoms with van der Waals surface area (Å²) in [6, 6.07) is 0. The predicted octanol–water partition coefficient (Wildman–Crippen LogP) is 1.86. The molecule has 2 unspecified atom stereocenters. The normalized spacial score (nSPS) is 35.1. The molecule has 0 amide bonds. The summed E-state index contributed by atoms with van der Waals surface area (Å²) >= 11 is 0. The first-order chi connectivity index (χ1) is 7.42. The molecular weight excluding hydrogens is 222 g/mol. The fourth-order valence-electron chi connectivity index (χ4n) is 3.50. The Kier molecular flexibility index (Phi) is 3.32. The van der Waals surface area contributed by atoms with Crippen LogP contribution >= 0.6 is 0 Å². The van der Waals surface area contributed by atoms with E-state index < -0.39 is 9.84 Å². The fourth-order valence-corrected chi connectivity index (χ4v) is 4.67. The highest BCUT2D eigenvalue weighted by Gasteiger charge is 2.41. The van der Waals surface area contributed by atoms with Gasteiger partial charge in [-0.1, -0.05) is 19.3 Å². The molecule has 0 aliphatic heterocycles. The van der Waals surface area contributed by atoms with Gasteiger partial charge in [0.2, 0.25) is 0 Å². The SMILES string of the molecule is CS(=O)(=O)C1CCCC(C2(N)CCCC2)C1. The van der Waals surface area contributed by atoms with Gasteiger partial charge in [0.1, 0.15) is 9.84 Å². The van der Waals surface area contributed by atoms with Crippen LogP contribution in [0.15, 0.2) is 0 Å². The second kappa shape index (κ2) is 4.30. The Bertz CT molecular complexity index is 344. The largest absolute Gasteiger partial charge is 0.325 e. The molecule has 2 N–H and O–H groups in total. The summed E-state index contributed by atoms with van der Waals surface area (Å²) in [4.78, 5) is 0. The van der Waals surface area contributed by atoms with Crippen LogP contribution in [0.5, 0.6) is 0 Å². The molecular formula is C12H23NO2S. The summed E-state index contributed by atoms with van der Waals surface area (Å²) in [7, 11) is -2.87. The van der Waals surface area contributed by atoms with E-state index in [1.807, 2.05) is 0 Å². The van der Waals surface area contributed by atoms with Crippen molar-refractivity contribution in [1.82, 2.24) is 0 Å². The van der Waals surface area contributed by atoms with E-state index in [-0.39, 0.29) is 10.8 Å². The number of hydrogen-bond donors (Lipinski definition) is 1. The average molecular weight is 245 g/mol. The summed E-state index contributed by atoms with van der Waals surface area (Å²) in [5.74, 6) is 0.434. The molecule has 0 aromatic carbocycles. The summed E-state index contributed by atoms with van der Waals surface area (Å²) in [5, 5.41) is -0.132. The molecule has 0 heterocycles. The molecule has 2 aliphatic rings. The van der Waals surface area contributed by atoms with E-state index in [0.29, 0.717) is 5.92 Å². The third-order valence-corrected chi connectivity index (χ3v) is 6.22. The van der Waals surface area contributed by atoms with Gasteiger partial charge in [0.05, 0.1) is 5.25 Å². The molecule has 0 radical (unpaired) electrons. The highest BCUT2D eigenvalue weighted by Crippen LogP contribution is 2.42. The molecule has 16 heavy (non-hydrogen) atoms. The lowest BCUT2D eigenvalue weighted by Gasteiger charge is -2.39. The molecule has 0 bridgehead atoms. The zero-order chi connectivity index (χ0) is 11.8. The van der Waals surface area contributed by atoms with Crippen molar-refractivity contribution in [2.45, 2.75) is 62.2 Å². The van der Waals surface area contributed by atoms with E-state index in [4.69, 9.17) is 5.73 Å². The minimum absolute atomic E-state index is 0.0522. The molecule has 2 atom stereocenters. The Morgan fingerprint density at radius 2 is 1.75 bits per heavy atom. The van der Waals surface area contributed by atoms with Crippen LogP contribution < -0.4 is 5.73 Å². The third kappa shape index (κ3) is 2.43. The van der Waals surface area contributed by atoms with Gasteiger partial charge in [0, 0.05) is 11.8 Å². The van der Waals surface area contributed by atoms with Gasteiger partial charge in [-0.25, -0.2) is 8.42 Å². The summed E-state index contributed by atoms with van der Waals surface area (Å²) in [6.07, 6.45) is 9.79. The maximum atomic E-state index is 11.6. The first kappa shape index (κ1) is 12.4. The molecule has 4 heteroatoms. The molecule has 0 spiro atoms. The van der Waals surface area contributed by atoms with Crippen LogP contribution in [-0.2, 0) is 9.84 Å². The Morgan fingerprint density at radius 3 is 2.31 bits per heavy atom.